The smallest absolute Gasteiger partial charge is 0.343 e. The van der Waals surface area contributed by atoms with Crippen molar-refractivity contribution in [2.75, 3.05) is 13.7 Å². The lowest BCUT2D eigenvalue weighted by atomic mass is 10.1. The summed E-state index contributed by atoms with van der Waals surface area (Å²) in [7, 11) is 1.54. The fraction of sp³-hybridized carbons (Fsp3) is 0.158. The zero-order valence-electron chi connectivity index (χ0n) is 13.8. The Morgan fingerprint density at radius 2 is 1.92 bits per heavy atom. The van der Waals surface area contributed by atoms with E-state index in [0.29, 0.717) is 22.4 Å². The van der Waals surface area contributed by atoms with Crippen LogP contribution in [0.4, 0.5) is 4.39 Å². The number of aromatic nitrogens is 1. The quantitative estimate of drug-likeness (QED) is 0.646. The molecule has 1 aromatic heterocycles. The van der Waals surface area contributed by atoms with Crippen LogP contribution < -0.4 is 9.47 Å². The van der Waals surface area contributed by atoms with E-state index in [1.807, 2.05) is 0 Å². The van der Waals surface area contributed by atoms with E-state index >= 15 is 0 Å². The average molecular weight is 341 g/mol. The molecule has 0 saturated carbocycles. The number of para-hydroxylation sites is 1. The predicted octanol–water partition coefficient (Wildman–Crippen LogP) is 4.35. The Kier molecular flexibility index (Phi) is 4.79. The topological polar surface area (TPSA) is 57.7 Å². The summed E-state index contributed by atoms with van der Waals surface area (Å²) in [6, 6.07) is 10.8. The molecule has 0 radical (unpaired) electrons. The molecule has 1 heterocycles. The van der Waals surface area contributed by atoms with E-state index in [2.05, 4.69) is 4.98 Å². The van der Waals surface area contributed by atoms with E-state index in [4.69, 9.17) is 14.2 Å². The number of hydrogen-bond donors (Lipinski definition) is 0. The van der Waals surface area contributed by atoms with Crippen molar-refractivity contribution in [1.82, 2.24) is 4.98 Å². The molecule has 0 saturated heterocycles. The van der Waals surface area contributed by atoms with E-state index in [1.165, 1.54) is 37.6 Å². The molecular weight excluding hydrogens is 325 g/mol. The SMILES string of the molecule is CCOC(=O)c1cnc2c(OC)cccc2c1Oc1ccc(F)cc1. The molecule has 0 aliphatic heterocycles. The van der Waals surface area contributed by atoms with E-state index in [9.17, 15) is 9.18 Å². The van der Waals surface area contributed by atoms with Crippen molar-refractivity contribution in [3.05, 3.63) is 60.0 Å². The zero-order valence-corrected chi connectivity index (χ0v) is 13.8. The number of hydrogen-bond acceptors (Lipinski definition) is 5. The molecular formula is C19H16FNO4. The number of rotatable bonds is 5. The van der Waals surface area contributed by atoms with Crippen LogP contribution in [0.25, 0.3) is 10.9 Å². The summed E-state index contributed by atoms with van der Waals surface area (Å²) in [6.45, 7) is 1.95. The largest absolute Gasteiger partial charge is 0.494 e. The first kappa shape index (κ1) is 16.7. The summed E-state index contributed by atoms with van der Waals surface area (Å²) in [5.41, 5.74) is 0.738. The molecule has 0 aliphatic rings. The molecule has 128 valence electrons. The number of benzene rings is 2. The maximum Gasteiger partial charge on any atom is 0.343 e. The van der Waals surface area contributed by atoms with Gasteiger partial charge in [-0.15, -0.1) is 0 Å². The maximum atomic E-state index is 13.1. The van der Waals surface area contributed by atoms with Crippen LogP contribution in [0.1, 0.15) is 17.3 Å². The van der Waals surface area contributed by atoms with Crippen molar-refractivity contribution in [3.63, 3.8) is 0 Å². The molecule has 25 heavy (non-hydrogen) atoms. The average Bonchev–Trinajstić information content (AvgIpc) is 2.63. The van der Waals surface area contributed by atoms with Gasteiger partial charge in [0.15, 0.2) is 5.75 Å². The number of pyridine rings is 1. The van der Waals surface area contributed by atoms with Crippen molar-refractivity contribution in [3.8, 4) is 17.2 Å². The van der Waals surface area contributed by atoms with Gasteiger partial charge in [-0.1, -0.05) is 6.07 Å². The van der Waals surface area contributed by atoms with Gasteiger partial charge in [-0.25, -0.2) is 9.18 Å². The number of fused-ring (bicyclic) bond motifs is 1. The Morgan fingerprint density at radius 1 is 1.16 bits per heavy atom. The number of methoxy groups -OCH3 is 1. The predicted molar refractivity (Wildman–Crippen MR) is 90.7 cm³/mol. The zero-order chi connectivity index (χ0) is 17.8. The van der Waals surface area contributed by atoms with Crippen molar-refractivity contribution in [2.24, 2.45) is 0 Å². The van der Waals surface area contributed by atoms with Gasteiger partial charge in [0, 0.05) is 11.6 Å². The lowest BCUT2D eigenvalue weighted by molar-refractivity contribution is 0.0523. The number of halogens is 1. The Morgan fingerprint density at radius 3 is 2.60 bits per heavy atom. The number of carbonyl (C=O) groups is 1. The third-order valence-electron chi connectivity index (χ3n) is 3.56. The number of carbonyl (C=O) groups excluding carboxylic acids is 1. The maximum absolute atomic E-state index is 13.1. The van der Waals surface area contributed by atoms with Gasteiger partial charge in [-0.2, -0.15) is 0 Å². The summed E-state index contributed by atoms with van der Waals surface area (Å²) in [5.74, 6) is 0.309. The molecule has 0 aliphatic carbocycles. The molecule has 3 aromatic rings. The highest BCUT2D eigenvalue weighted by Gasteiger charge is 2.20. The van der Waals surface area contributed by atoms with E-state index < -0.39 is 5.97 Å². The Labute approximate surface area is 144 Å². The first-order valence-electron chi connectivity index (χ1n) is 7.70. The van der Waals surface area contributed by atoms with Crippen molar-refractivity contribution in [2.45, 2.75) is 6.92 Å². The van der Waals surface area contributed by atoms with Crippen LogP contribution in [0.15, 0.2) is 48.7 Å². The van der Waals surface area contributed by atoms with Gasteiger partial charge in [0.05, 0.1) is 13.7 Å². The van der Waals surface area contributed by atoms with E-state index in [1.54, 1.807) is 25.1 Å². The molecule has 3 rings (SSSR count). The van der Waals surface area contributed by atoms with Gasteiger partial charge in [0.2, 0.25) is 0 Å². The van der Waals surface area contributed by atoms with Gasteiger partial charge in [-0.3, -0.25) is 4.98 Å². The normalized spacial score (nSPS) is 10.5. The second-order valence-corrected chi connectivity index (χ2v) is 5.13. The first-order valence-corrected chi connectivity index (χ1v) is 7.70. The number of nitrogens with zero attached hydrogens (tertiary/aromatic N) is 1. The van der Waals surface area contributed by atoms with Crippen LogP contribution in [0.2, 0.25) is 0 Å². The van der Waals surface area contributed by atoms with Crippen molar-refractivity contribution < 1.29 is 23.4 Å². The van der Waals surface area contributed by atoms with Gasteiger partial charge in [0.1, 0.15) is 28.4 Å². The lowest BCUT2D eigenvalue weighted by Crippen LogP contribution is -2.08. The van der Waals surface area contributed by atoms with Crippen LogP contribution in [0, 0.1) is 5.82 Å². The summed E-state index contributed by atoms with van der Waals surface area (Å²) < 4.78 is 29.4. The summed E-state index contributed by atoms with van der Waals surface area (Å²) >= 11 is 0. The molecule has 0 bridgehead atoms. The minimum Gasteiger partial charge on any atom is -0.494 e. The molecule has 0 spiro atoms. The number of ether oxygens (including phenoxy) is 3. The highest BCUT2D eigenvalue weighted by atomic mass is 19.1. The van der Waals surface area contributed by atoms with Gasteiger partial charge < -0.3 is 14.2 Å². The lowest BCUT2D eigenvalue weighted by Gasteiger charge is -2.14. The van der Waals surface area contributed by atoms with Crippen LogP contribution in [-0.4, -0.2) is 24.7 Å². The minimum atomic E-state index is -0.545. The third kappa shape index (κ3) is 3.38. The molecule has 0 atom stereocenters. The molecule has 0 fully saturated rings. The Bertz CT molecular complexity index is 909. The monoisotopic (exact) mass is 341 g/mol. The van der Waals surface area contributed by atoms with E-state index in [0.717, 1.165) is 0 Å². The summed E-state index contributed by atoms with van der Waals surface area (Å²) in [4.78, 5) is 16.6. The third-order valence-corrected chi connectivity index (χ3v) is 3.56. The highest BCUT2D eigenvalue weighted by Crippen LogP contribution is 2.36. The minimum absolute atomic E-state index is 0.187. The molecule has 0 unspecified atom stereocenters. The first-order chi connectivity index (χ1) is 12.1. The molecule has 0 N–H and O–H groups in total. The van der Waals surface area contributed by atoms with Crippen LogP contribution >= 0.6 is 0 Å². The second kappa shape index (κ2) is 7.17. The molecule has 5 nitrogen and oxygen atoms in total. The standard InChI is InChI=1S/C19H16FNO4/c1-3-24-19(22)15-11-21-17-14(5-4-6-16(17)23-2)18(15)25-13-9-7-12(20)8-10-13/h4-11H,3H2,1-2H3. The fourth-order valence-corrected chi connectivity index (χ4v) is 2.42. The van der Waals surface area contributed by atoms with Gasteiger partial charge in [-0.05, 0) is 43.3 Å². The van der Waals surface area contributed by atoms with Gasteiger partial charge in [0.25, 0.3) is 0 Å². The Balaban J connectivity index is 2.17. The Hall–Kier alpha value is -3.15. The van der Waals surface area contributed by atoms with Crippen LogP contribution in [0.5, 0.6) is 17.2 Å². The van der Waals surface area contributed by atoms with Crippen molar-refractivity contribution >= 4 is 16.9 Å². The van der Waals surface area contributed by atoms with Crippen LogP contribution in [0.3, 0.4) is 0 Å². The molecule has 0 amide bonds. The highest BCUT2D eigenvalue weighted by molar-refractivity contribution is 6.01. The van der Waals surface area contributed by atoms with Crippen LogP contribution in [-0.2, 0) is 4.74 Å². The van der Waals surface area contributed by atoms with Crippen molar-refractivity contribution in [1.29, 1.82) is 0 Å². The number of esters is 1. The molecule has 2 aromatic carbocycles. The van der Waals surface area contributed by atoms with Gasteiger partial charge >= 0.3 is 5.97 Å². The second-order valence-electron chi connectivity index (χ2n) is 5.13. The summed E-state index contributed by atoms with van der Waals surface area (Å²) in [6.07, 6.45) is 1.39. The summed E-state index contributed by atoms with van der Waals surface area (Å²) in [5, 5.41) is 0.592. The molecule has 6 heteroatoms. The fourth-order valence-electron chi connectivity index (χ4n) is 2.42. The van der Waals surface area contributed by atoms with E-state index in [-0.39, 0.29) is 23.7 Å².